The quantitative estimate of drug-likeness (QED) is 0.592. The first-order valence-electron chi connectivity index (χ1n) is 9.64. The monoisotopic (exact) mass is 403 g/mol. The van der Waals surface area contributed by atoms with Gasteiger partial charge in [-0.2, -0.15) is 0 Å². The molecule has 0 saturated carbocycles. The summed E-state index contributed by atoms with van der Waals surface area (Å²) in [6.07, 6.45) is 4.43. The number of anilines is 1. The number of rotatable bonds is 5. The number of nitrogens with zero attached hydrogens (tertiary/aromatic N) is 3. The smallest absolute Gasteiger partial charge is 0.191 e. The number of aryl methyl sites for hydroxylation is 1. The van der Waals surface area contributed by atoms with Crippen molar-refractivity contribution in [3.63, 3.8) is 0 Å². The molecule has 28 heavy (non-hydrogen) atoms. The van der Waals surface area contributed by atoms with Crippen LogP contribution < -0.4 is 15.5 Å². The van der Waals surface area contributed by atoms with Crippen LogP contribution in [-0.4, -0.2) is 43.7 Å². The average molecular weight is 404 g/mol. The summed E-state index contributed by atoms with van der Waals surface area (Å²) in [4.78, 5) is 11.1. The van der Waals surface area contributed by atoms with Crippen molar-refractivity contribution in [1.29, 1.82) is 0 Å². The molecule has 1 saturated heterocycles. The standard InChI is InChI=1S/C21H27ClFN5/c1-15-6-7-20(26-14-15)28-12-9-16(10-13-28)27-21(24-2)25-11-8-17-18(22)4-3-5-19(17)23/h3-7,14,16H,8-13H2,1-2H3,(H2,24,25,27). The number of guanidine groups is 1. The topological polar surface area (TPSA) is 52.6 Å². The van der Waals surface area contributed by atoms with Crippen LogP contribution >= 0.6 is 11.6 Å². The second-order valence-corrected chi connectivity index (χ2v) is 7.46. The first-order valence-corrected chi connectivity index (χ1v) is 10.0. The van der Waals surface area contributed by atoms with Crippen LogP contribution in [0.3, 0.4) is 0 Å². The summed E-state index contributed by atoms with van der Waals surface area (Å²) in [6.45, 7) is 4.52. The maximum Gasteiger partial charge on any atom is 0.191 e. The highest BCUT2D eigenvalue weighted by atomic mass is 35.5. The Kier molecular flexibility index (Phi) is 7.09. The molecule has 2 aromatic rings. The number of aliphatic imine (C=N–C) groups is 1. The molecule has 0 bridgehead atoms. The average Bonchev–Trinajstić information content (AvgIpc) is 2.70. The van der Waals surface area contributed by atoms with Gasteiger partial charge in [0.15, 0.2) is 5.96 Å². The van der Waals surface area contributed by atoms with E-state index in [2.05, 4.69) is 37.6 Å². The zero-order valence-corrected chi connectivity index (χ0v) is 17.1. The number of halogens is 2. The lowest BCUT2D eigenvalue weighted by Gasteiger charge is -2.33. The lowest BCUT2D eigenvalue weighted by molar-refractivity contribution is 0.459. The zero-order valence-electron chi connectivity index (χ0n) is 16.4. The molecule has 1 aliphatic rings. The minimum absolute atomic E-state index is 0.269. The molecule has 5 nitrogen and oxygen atoms in total. The third kappa shape index (κ3) is 5.35. The van der Waals surface area contributed by atoms with E-state index < -0.39 is 0 Å². The molecule has 2 N–H and O–H groups in total. The van der Waals surface area contributed by atoms with E-state index in [4.69, 9.17) is 11.6 Å². The molecule has 1 aromatic heterocycles. The van der Waals surface area contributed by atoms with Crippen molar-refractivity contribution < 1.29 is 4.39 Å². The summed E-state index contributed by atoms with van der Waals surface area (Å²) in [5.74, 6) is 1.50. The molecule has 0 spiro atoms. The Balaban J connectivity index is 1.45. The normalized spacial score (nSPS) is 15.6. The van der Waals surface area contributed by atoms with Crippen LogP contribution in [0, 0.1) is 12.7 Å². The van der Waals surface area contributed by atoms with Gasteiger partial charge in [0.2, 0.25) is 0 Å². The van der Waals surface area contributed by atoms with E-state index in [0.717, 1.165) is 37.7 Å². The molecular formula is C21H27ClFN5. The number of hydrogen-bond donors (Lipinski definition) is 2. The van der Waals surface area contributed by atoms with Crippen LogP contribution in [0.2, 0.25) is 5.02 Å². The van der Waals surface area contributed by atoms with E-state index in [9.17, 15) is 4.39 Å². The largest absolute Gasteiger partial charge is 0.356 e. The van der Waals surface area contributed by atoms with Gasteiger partial charge in [-0.25, -0.2) is 9.37 Å². The minimum atomic E-state index is -0.269. The predicted octanol–water partition coefficient (Wildman–Crippen LogP) is 3.56. The van der Waals surface area contributed by atoms with E-state index in [-0.39, 0.29) is 5.82 Å². The maximum atomic E-state index is 13.9. The molecule has 1 aromatic carbocycles. The highest BCUT2D eigenvalue weighted by molar-refractivity contribution is 6.31. The van der Waals surface area contributed by atoms with Crippen LogP contribution in [0.1, 0.15) is 24.0 Å². The van der Waals surface area contributed by atoms with Gasteiger partial charge in [-0.15, -0.1) is 0 Å². The van der Waals surface area contributed by atoms with Gasteiger partial charge >= 0.3 is 0 Å². The van der Waals surface area contributed by atoms with Gasteiger partial charge in [-0.1, -0.05) is 23.7 Å². The lowest BCUT2D eigenvalue weighted by atomic mass is 10.1. The van der Waals surface area contributed by atoms with E-state index in [1.165, 1.54) is 11.6 Å². The fraction of sp³-hybridized carbons (Fsp3) is 0.429. The fourth-order valence-corrected chi connectivity index (χ4v) is 3.62. The Morgan fingerprint density at radius 1 is 1.29 bits per heavy atom. The van der Waals surface area contributed by atoms with Gasteiger partial charge in [0.25, 0.3) is 0 Å². The third-order valence-corrected chi connectivity index (χ3v) is 5.36. The Hall–Kier alpha value is -2.34. The maximum absolute atomic E-state index is 13.9. The van der Waals surface area contributed by atoms with Gasteiger partial charge < -0.3 is 15.5 Å². The number of hydrogen-bond acceptors (Lipinski definition) is 3. The highest BCUT2D eigenvalue weighted by Gasteiger charge is 2.20. The number of pyridine rings is 1. The molecule has 0 unspecified atom stereocenters. The molecule has 0 amide bonds. The van der Waals surface area contributed by atoms with Crippen molar-refractivity contribution in [1.82, 2.24) is 15.6 Å². The molecule has 2 heterocycles. The third-order valence-electron chi connectivity index (χ3n) is 5.01. The number of benzene rings is 1. The fourth-order valence-electron chi connectivity index (χ4n) is 3.37. The summed E-state index contributed by atoms with van der Waals surface area (Å²) in [5, 5.41) is 7.18. The van der Waals surface area contributed by atoms with E-state index in [1.807, 2.05) is 13.1 Å². The second-order valence-electron chi connectivity index (χ2n) is 7.05. The molecule has 0 aliphatic carbocycles. The number of aromatic nitrogens is 1. The minimum Gasteiger partial charge on any atom is -0.356 e. The van der Waals surface area contributed by atoms with Gasteiger partial charge in [0, 0.05) is 49.5 Å². The first-order chi connectivity index (χ1) is 13.6. The molecule has 0 radical (unpaired) electrons. The molecule has 1 fully saturated rings. The Morgan fingerprint density at radius 3 is 2.71 bits per heavy atom. The highest BCUT2D eigenvalue weighted by Crippen LogP contribution is 2.19. The van der Waals surface area contributed by atoms with Crippen LogP contribution in [0.15, 0.2) is 41.5 Å². The summed E-state index contributed by atoms with van der Waals surface area (Å²) >= 11 is 6.08. The summed E-state index contributed by atoms with van der Waals surface area (Å²) in [5.41, 5.74) is 1.71. The van der Waals surface area contributed by atoms with E-state index in [0.29, 0.717) is 29.6 Å². The SMILES string of the molecule is CN=C(NCCc1c(F)cccc1Cl)NC1CCN(c2ccc(C)cn2)CC1. The van der Waals surface area contributed by atoms with Crippen molar-refractivity contribution in [2.45, 2.75) is 32.2 Å². The lowest BCUT2D eigenvalue weighted by Crippen LogP contribution is -2.49. The number of nitrogens with one attached hydrogen (secondary N) is 2. The van der Waals surface area contributed by atoms with Crippen LogP contribution in [0.25, 0.3) is 0 Å². The van der Waals surface area contributed by atoms with Crippen LogP contribution in [0.4, 0.5) is 10.2 Å². The Morgan fingerprint density at radius 2 is 2.07 bits per heavy atom. The van der Waals surface area contributed by atoms with E-state index in [1.54, 1.807) is 19.2 Å². The molecule has 3 rings (SSSR count). The van der Waals surface area contributed by atoms with Crippen LogP contribution in [0.5, 0.6) is 0 Å². The summed E-state index contributed by atoms with van der Waals surface area (Å²) in [6, 6.07) is 9.30. The van der Waals surface area contributed by atoms with Crippen molar-refractivity contribution in [3.05, 3.63) is 58.5 Å². The molecular weight excluding hydrogens is 377 g/mol. The first kappa shape index (κ1) is 20.4. The Labute approximate surface area is 171 Å². The zero-order chi connectivity index (χ0) is 19.9. The predicted molar refractivity (Wildman–Crippen MR) is 114 cm³/mol. The molecule has 150 valence electrons. The van der Waals surface area contributed by atoms with Gasteiger partial charge in [-0.3, -0.25) is 4.99 Å². The van der Waals surface area contributed by atoms with Crippen molar-refractivity contribution in [3.8, 4) is 0 Å². The molecule has 0 atom stereocenters. The Bertz CT molecular complexity index is 781. The van der Waals surface area contributed by atoms with E-state index >= 15 is 0 Å². The van der Waals surface area contributed by atoms with Crippen molar-refractivity contribution in [2.75, 3.05) is 31.6 Å². The second kappa shape index (κ2) is 9.73. The van der Waals surface area contributed by atoms with Crippen LogP contribution in [-0.2, 0) is 6.42 Å². The summed E-state index contributed by atoms with van der Waals surface area (Å²) < 4.78 is 13.9. The summed E-state index contributed by atoms with van der Waals surface area (Å²) in [7, 11) is 1.75. The number of piperidine rings is 1. The molecule has 7 heteroatoms. The van der Waals surface area contributed by atoms with Crippen molar-refractivity contribution >= 4 is 23.4 Å². The van der Waals surface area contributed by atoms with Gasteiger partial charge in [0.05, 0.1) is 0 Å². The molecule has 1 aliphatic heterocycles. The van der Waals surface area contributed by atoms with Crippen molar-refractivity contribution in [2.24, 2.45) is 4.99 Å². The van der Waals surface area contributed by atoms with Gasteiger partial charge in [-0.05, 0) is 49.9 Å². The van der Waals surface area contributed by atoms with Gasteiger partial charge in [0.1, 0.15) is 11.6 Å².